The van der Waals surface area contributed by atoms with E-state index < -0.39 is 22.2 Å². The van der Waals surface area contributed by atoms with Gasteiger partial charge in [-0.05, 0) is 54.1 Å². The van der Waals surface area contributed by atoms with Crippen molar-refractivity contribution in [3.05, 3.63) is 77.9 Å². The molecule has 0 spiro atoms. The fraction of sp³-hybridized carbons (Fsp3) is 0.240. The first-order valence-electron chi connectivity index (χ1n) is 10.7. The molecule has 0 aliphatic carbocycles. The van der Waals surface area contributed by atoms with Crippen LogP contribution in [0, 0.1) is 11.8 Å². The number of benzene rings is 3. The van der Waals surface area contributed by atoms with Gasteiger partial charge in [0.1, 0.15) is 6.04 Å². The van der Waals surface area contributed by atoms with Crippen molar-refractivity contribution >= 4 is 32.6 Å². The highest BCUT2D eigenvalue weighted by Gasteiger charge is 2.29. The van der Waals surface area contributed by atoms with Gasteiger partial charge >= 0.3 is 5.97 Å². The Balaban J connectivity index is 1.37. The van der Waals surface area contributed by atoms with E-state index in [-0.39, 0.29) is 13.1 Å². The molecule has 33 heavy (non-hydrogen) atoms. The molecule has 170 valence electrons. The number of aliphatic carboxylic acids is 1. The van der Waals surface area contributed by atoms with E-state index in [4.69, 9.17) is 5.11 Å². The van der Waals surface area contributed by atoms with E-state index in [1.165, 1.54) is 16.6 Å². The highest BCUT2D eigenvalue weighted by molar-refractivity contribution is 7.87. The van der Waals surface area contributed by atoms with E-state index in [1.807, 2.05) is 42.5 Å². The minimum Gasteiger partial charge on any atom is -0.480 e. The van der Waals surface area contributed by atoms with Crippen molar-refractivity contribution < 1.29 is 18.3 Å². The first-order chi connectivity index (χ1) is 15.8. The summed E-state index contributed by atoms with van der Waals surface area (Å²) in [6.07, 6.45) is 0. The molecule has 1 aliphatic heterocycles. The average Bonchev–Trinajstić information content (AvgIpc) is 2.82. The van der Waals surface area contributed by atoms with Gasteiger partial charge in [0.25, 0.3) is 10.2 Å². The number of carbonyl (C=O) groups is 1. The maximum Gasteiger partial charge on any atom is 0.321 e. The number of fused-ring (bicyclic) bond motifs is 1. The molecule has 2 N–H and O–H groups in total. The monoisotopic (exact) mass is 463 g/mol. The highest BCUT2D eigenvalue weighted by atomic mass is 32.2. The Kier molecular flexibility index (Phi) is 6.65. The second-order valence-electron chi connectivity index (χ2n) is 7.93. The lowest BCUT2D eigenvalue weighted by atomic mass is 10.1. The molecule has 1 atom stereocenters. The van der Waals surface area contributed by atoms with Gasteiger partial charge in [0.2, 0.25) is 0 Å². The van der Waals surface area contributed by atoms with Crippen LogP contribution in [0.25, 0.3) is 10.8 Å². The van der Waals surface area contributed by atoms with Crippen molar-refractivity contribution in [1.82, 2.24) is 9.03 Å². The predicted octanol–water partition coefficient (Wildman–Crippen LogP) is 2.67. The number of hydrogen-bond acceptors (Lipinski definition) is 4. The van der Waals surface area contributed by atoms with E-state index in [0.29, 0.717) is 13.1 Å². The van der Waals surface area contributed by atoms with Crippen LogP contribution in [-0.4, -0.2) is 56.0 Å². The smallest absolute Gasteiger partial charge is 0.321 e. The fourth-order valence-electron chi connectivity index (χ4n) is 3.70. The number of anilines is 1. The normalized spacial score (nSPS) is 15.6. The van der Waals surface area contributed by atoms with Crippen LogP contribution < -0.4 is 9.62 Å². The minimum atomic E-state index is -3.83. The second-order valence-corrected chi connectivity index (χ2v) is 9.63. The summed E-state index contributed by atoms with van der Waals surface area (Å²) in [6, 6.07) is 21.1. The minimum absolute atomic E-state index is 0.283. The molecule has 1 heterocycles. The van der Waals surface area contributed by atoms with Gasteiger partial charge in [-0.2, -0.15) is 17.4 Å². The van der Waals surface area contributed by atoms with Crippen LogP contribution in [0.2, 0.25) is 0 Å². The van der Waals surface area contributed by atoms with E-state index in [1.54, 1.807) is 0 Å². The molecule has 1 saturated heterocycles. The molecule has 8 heteroatoms. The topological polar surface area (TPSA) is 90.0 Å². The zero-order valence-electron chi connectivity index (χ0n) is 18.2. The summed E-state index contributed by atoms with van der Waals surface area (Å²) in [5.41, 5.74) is 2.86. The second kappa shape index (κ2) is 9.63. The summed E-state index contributed by atoms with van der Waals surface area (Å²) >= 11 is 0. The third-order valence-corrected chi connectivity index (χ3v) is 7.30. The molecular formula is C25H25N3O4S. The first-order valence-corrected chi connectivity index (χ1v) is 12.1. The van der Waals surface area contributed by atoms with Crippen molar-refractivity contribution in [3.8, 4) is 11.8 Å². The molecule has 0 amide bonds. The average molecular weight is 464 g/mol. The molecule has 0 unspecified atom stereocenters. The van der Waals surface area contributed by atoms with Crippen LogP contribution in [-0.2, 0) is 15.0 Å². The zero-order chi connectivity index (χ0) is 23.4. The number of rotatable bonds is 5. The Morgan fingerprint density at radius 1 is 0.909 bits per heavy atom. The van der Waals surface area contributed by atoms with Crippen LogP contribution in [0.4, 0.5) is 5.69 Å². The van der Waals surface area contributed by atoms with E-state index in [0.717, 1.165) is 22.2 Å². The Hall–Kier alpha value is -3.38. The Bertz CT molecular complexity index is 1320. The summed E-state index contributed by atoms with van der Waals surface area (Å²) in [5.74, 6) is 5.20. The van der Waals surface area contributed by atoms with E-state index in [9.17, 15) is 13.2 Å². The molecule has 1 fully saturated rings. The van der Waals surface area contributed by atoms with Gasteiger partial charge in [-0.3, -0.25) is 4.79 Å². The lowest BCUT2D eigenvalue weighted by molar-refractivity contribution is -0.138. The number of hydrogen-bond donors (Lipinski definition) is 2. The number of nitrogens with zero attached hydrogens (tertiary/aromatic N) is 2. The Morgan fingerprint density at radius 2 is 1.52 bits per heavy atom. The molecule has 3 aromatic carbocycles. The summed E-state index contributed by atoms with van der Waals surface area (Å²) in [4.78, 5) is 13.0. The number of carboxylic acid groups (broad SMARTS) is 1. The van der Waals surface area contributed by atoms with Gasteiger partial charge in [-0.1, -0.05) is 42.2 Å². The summed E-state index contributed by atoms with van der Waals surface area (Å²) in [7, 11) is -3.83. The maximum absolute atomic E-state index is 12.4. The number of carboxylic acids is 1. The molecule has 7 nitrogen and oxygen atoms in total. The van der Waals surface area contributed by atoms with Crippen LogP contribution in [0.15, 0.2) is 66.7 Å². The summed E-state index contributed by atoms with van der Waals surface area (Å²) < 4.78 is 28.2. The van der Waals surface area contributed by atoms with Gasteiger partial charge in [0.15, 0.2) is 0 Å². The molecule has 4 rings (SSSR count). The standard InChI is InChI=1S/C25H25N3O4S/c1-19(25(29)30)26-33(31,32)28-16-14-27(15-17-28)24-12-9-20(10-13-24)6-7-21-8-11-22-4-2-3-5-23(22)18-21/h2-5,8-13,18-19,26H,14-17H2,1H3,(H,29,30)/t19-/m1/s1. The third-order valence-electron chi connectivity index (χ3n) is 5.61. The Labute approximate surface area is 193 Å². The molecule has 0 radical (unpaired) electrons. The summed E-state index contributed by atoms with van der Waals surface area (Å²) in [5, 5.41) is 11.3. The zero-order valence-corrected chi connectivity index (χ0v) is 19.0. The molecule has 0 aromatic heterocycles. The molecule has 0 bridgehead atoms. The lowest BCUT2D eigenvalue weighted by Crippen LogP contribution is -2.54. The maximum atomic E-state index is 12.4. The van der Waals surface area contributed by atoms with Crippen LogP contribution in [0.3, 0.4) is 0 Å². The van der Waals surface area contributed by atoms with Crippen molar-refractivity contribution in [2.24, 2.45) is 0 Å². The largest absolute Gasteiger partial charge is 0.480 e. The molecular weight excluding hydrogens is 438 g/mol. The van der Waals surface area contributed by atoms with Crippen LogP contribution in [0.5, 0.6) is 0 Å². The van der Waals surface area contributed by atoms with Crippen molar-refractivity contribution in [1.29, 1.82) is 0 Å². The van der Waals surface area contributed by atoms with E-state index in [2.05, 4.69) is 45.7 Å². The quantitative estimate of drug-likeness (QED) is 0.568. The molecule has 1 aliphatic rings. The first kappa shape index (κ1) is 22.8. The van der Waals surface area contributed by atoms with E-state index >= 15 is 0 Å². The SMILES string of the molecule is C[C@@H](NS(=O)(=O)N1CCN(c2ccc(C#Cc3ccc4ccccc4c3)cc2)CC1)C(=O)O. The van der Waals surface area contributed by atoms with Crippen molar-refractivity contribution in [2.75, 3.05) is 31.1 Å². The number of piperazine rings is 1. The third kappa shape index (κ3) is 5.52. The van der Waals surface area contributed by atoms with Gasteiger partial charge in [0, 0.05) is 43.0 Å². The van der Waals surface area contributed by atoms with Crippen molar-refractivity contribution in [3.63, 3.8) is 0 Å². The molecule has 0 saturated carbocycles. The van der Waals surface area contributed by atoms with Gasteiger partial charge in [-0.15, -0.1) is 0 Å². The summed E-state index contributed by atoms with van der Waals surface area (Å²) in [6.45, 7) is 2.91. The van der Waals surface area contributed by atoms with Crippen molar-refractivity contribution in [2.45, 2.75) is 13.0 Å². The Morgan fingerprint density at radius 3 is 2.18 bits per heavy atom. The van der Waals surface area contributed by atoms with Crippen LogP contribution >= 0.6 is 0 Å². The van der Waals surface area contributed by atoms with Gasteiger partial charge in [-0.25, -0.2) is 0 Å². The predicted molar refractivity (Wildman–Crippen MR) is 129 cm³/mol. The fourth-order valence-corrected chi connectivity index (χ4v) is 5.04. The van der Waals surface area contributed by atoms with Crippen LogP contribution in [0.1, 0.15) is 18.1 Å². The number of nitrogens with one attached hydrogen (secondary N) is 1. The van der Waals surface area contributed by atoms with Gasteiger partial charge in [0.05, 0.1) is 0 Å². The highest BCUT2D eigenvalue weighted by Crippen LogP contribution is 2.19. The molecule has 3 aromatic rings. The lowest BCUT2D eigenvalue weighted by Gasteiger charge is -2.35. The van der Waals surface area contributed by atoms with Gasteiger partial charge < -0.3 is 10.0 Å².